The molecule has 0 N–H and O–H groups in total. The third-order valence-corrected chi connectivity index (χ3v) is 3.37. The standard InChI is InChI=1S/C13H11Br2NO/c14-7-10-1-5-13(6-2-10)17-9-12-4-3-11(15)8-16-12/h1-6,8H,7,9H2. The van der Waals surface area contributed by atoms with E-state index in [-0.39, 0.29) is 0 Å². The second-order valence-corrected chi connectivity index (χ2v) is 5.01. The van der Waals surface area contributed by atoms with Crippen molar-refractivity contribution >= 4 is 31.9 Å². The molecule has 1 heterocycles. The fraction of sp³-hybridized carbons (Fsp3) is 0.154. The van der Waals surface area contributed by atoms with Gasteiger partial charge in [-0.1, -0.05) is 28.1 Å². The normalized spacial score (nSPS) is 10.2. The van der Waals surface area contributed by atoms with Gasteiger partial charge < -0.3 is 4.74 Å². The van der Waals surface area contributed by atoms with Crippen LogP contribution < -0.4 is 4.74 Å². The summed E-state index contributed by atoms with van der Waals surface area (Å²) in [7, 11) is 0. The highest BCUT2D eigenvalue weighted by Gasteiger charge is 1.97. The lowest BCUT2D eigenvalue weighted by Crippen LogP contribution is -1.97. The summed E-state index contributed by atoms with van der Waals surface area (Å²) in [5.41, 5.74) is 2.15. The number of nitrogens with zero attached hydrogens (tertiary/aromatic N) is 1. The maximum atomic E-state index is 5.64. The Labute approximate surface area is 117 Å². The molecule has 88 valence electrons. The molecule has 0 atom stereocenters. The molecule has 0 saturated carbocycles. The Bertz CT molecular complexity index is 468. The van der Waals surface area contributed by atoms with Crippen molar-refractivity contribution in [2.24, 2.45) is 0 Å². The Morgan fingerprint density at radius 3 is 2.41 bits per heavy atom. The van der Waals surface area contributed by atoms with Gasteiger partial charge >= 0.3 is 0 Å². The number of halogens is 2. The fourth-order valence-corrected chi connectivity index (χ4v) is 1.93. The van der Waals surface area contributed by atoms with Crippen LogP contribution in [0.25, 0.3) is 0 Å². The van der Waals surface area contributed by atoms with Crippen molar-refractivity contribution in [2.45, 2.75) is 11.9 Å². The van der Waals surface area contributed by atoms with Crippen LogP contribution in [0.1, 0.15) is 11.3 Å². The highest BCUT2D eigenvalue weighted by atomic mass is 79.9. The van der Waals surface area contributed by atoms with Crippen LogP contribution in [-0.4, -0.2) is 4.98 Å². The number of hydrogen-bond acceptors (Lipinski definition) is 2. The number of aromatic nitrogens is 1. The molecule has 1 aromatic heterocycles. The molecule has 0 aliphatic rings. The van der Waals surface area contributed by atoms with Crippen molar-refractivity contribution in [1.29, 1.82) is 0 Å². The van der Waals surface area contributed by atoms with Gasteiger partial charge in [0.05, 0.1) is 5.69 Å². The zero-order chi connectivity index (χ0) is 12.1. The minimum absolute atomic E-state index is 0.487. The molecule has 0 radical (unpaired) electrons. The first kappa shape index (κ1) is 12.6. The number of ether oxygens (including phenoxy) is 1. The average Bonchev–Trinajstić information content (AvgIpc) is 2.39. The Morgan fingerprint density at radius 1 is 1.06 bits per heavy atom. The molecule has 1 aromatic carbocycles. The molecular formula is C13H11Br2NO. The van der Waals surface area contributed by atoms with Crippen LogP contribution in [0.5, 0.6) is 5.75 Å². The molecule has 0 aliphatic heterocycles. The van der Waals surface area contributed by atoms with Crippen molar-refractivity contribution < 1.29 is 4.74 Å². The van der Waals surface area contributed by atoms with E-state index >= 15 is 0 Å². The van der Waals surface area contributed by atoms with Crippen LogP contribution in [0, 0.1) is 0 Å². The van der Waals surface area contributed by atoms with E-state index in [1.54, 1.807) is 6.20 Å². The molecule has 0 saturated heterocycles. The number of pyridine rings is 1. The maximum Gasteiger partial charge on any atom is 0.130 e. The van der Waals surface area contributed by atoms with Crippen molar-refractivity contribution in [1.82, 2.24) is 4.98 Å². The molecule has 0 bridgehead atoms. The topological polar surface area (TPSA) is 22.1 Å². The van der Waals surface area contributed by atoms with E-state index in [9.17, 15) is 0 Å². The molecule has 17 heavy (non-hydrogen) atoms. The largest absolute Gasteiger partial charge is 0.487 e. The predicted octanol–water partition coefficient (Wildman–Crippen LogP) is 4.32. The first-order chi connectivity index (χ1) is 8.28. The SMILES string of the molecule is BrCc1ccc(OCc2ccc(Br)cn2)cc1. The van der Waals surface area contributed by atoms with Crippen LogP contribution in [-0.2, 0) is 11.9 Å². The van der Waals surface area contributed by atoms with E-state index in [1.165, 1.54) is 5.56 Å². The van der Waals surface area contributed by atoms with Crippen molar-refractivity contribution in [3.63, 3.8) is 0 Å². The highest BCUT2D eigenvalue weighted by Crippen LogP contribution is 2.15. The predicted molar refractivity (Wildman–Crippen MR) is 75.3 cm³/mol. The fourth-order valence-electron chi connectivity index (χ4n) is 1.32. The van der Waals surface area contributed by atoms with E-state index < -0.39 is 0 Å². The number of benzene rings is 1. The van der Waals surface area contributed by atoms with Crippen molar-refractivity contribution in [3.05, 3.63) is 58.3 Å². The van der Waals surface area contributed by atoms with E-state index in [0.29, 0.717) is 6.61 Å². The molecule has 0 spiro atoms. The summed E-state index contributed by atoms with van der Waals surface area (Å²) < 4.78 is 6.61. The summed E-state index contributed by atoms with van der Waals surface area (Å²) in [4.78, 5) is 4.25. The van der Waals surface area contributed by atoms with Gasteiger partial charge in [-0.25, -0.2) is 0 Å². The molecule has 0 amide bonds. The Hall–Kier alpha value is -0.870. The second kappa shape index (κ2) is 6.17. The van der Waals surface area contributed by atoms with Crippen molar-refractivity contribution in [3.8, 4) is 5.75 Å². The van der Waals surface area contributed by atoms with Gasteiger partial charge in [0.1, 0.15) is 12.4 Å². The second-order valence-electron chi connectivity index (χ2n) is 3.53. The van der Waals surface area contributed by atoms with Crippen LogP contribution >= 0.6 is 31.9 Å². The first-order valence-corrected chi connectivity index (χ1v) is 7.07. The van der Waals surface area contributed by atoms with Gasteiger partial charge in [-0.3, -0.25) is 4.98 Å². The van der Waals surface area contributed by atoms with Gasteiger partial charge in [-0.05, 0) is 45.8 Å². The van der Waals surface area contributed by atoms with Gasteiger partial charge in [-0.2, -0.15) is 0 Å². The van der Waals surface area contributed by atoms with Crippen molar-refractivity contribution in [2.75, 3.05) is 0 Å². The summed E-state index contributed by atoms with van der Waals surface area (Å²) in [6.45, 7) is 0.487. The molecule has 2 nitrogen and oxygen atoms in total. The molecule has 0 aliphatic carbocycles. The van der Waals surface area contributed by atoms with Gasteiger partial charge in [0, 0.05) is 16.0 Å². The Balaban J connectivity index is 1.95. The molecule has 4 heteroatoms. The summed E-state index contributed by atoms with van der Waals surface area (Å²) in [5.74, 6) is 0.861. The quantitative estimate of drug-likeness (QED) is 0.761. The van der Waals surface area contributed by atoms with Crippen LogP contribution in [0.15, 0.2) is 47.1 Å². The van der Waals surface area contributed by atoms with Crippen LogP contribution in [0.2, 0.25) is 0 Å². The molecule has 0 unspecified atom stereocenters. The zero-order valence-electron chi connectivity index (χ0n) is 9.07. The minimum atomic E-state index is 0.487. The molecule has 0 fully saturated rings. The summed E-state index contributed by atoms with van der Waals surface area (Å²) in [6.07, 6.45) is 1.77. The van der Waals surface area contributed by atoms with Gasteiger partial charge in [0.2, 0.25) is 0 Å². The number of alkyl halides is 1. The first-order valence-electron chi connectivity index (χ1n) is 5.16. The summed E-state index contributed by atoms with van der Waals surface area (Å²) >= 11 is 6.76. The van der Waals surface area contributed by atoms with E-state index in [4.69, 9.17) is 4.74 Å². The summed E-state index contributed by atoms with van der Waals surface area (Å²) in [5, 5.41) is 0.863. The number of rotatable bonds is 4. The number of hydrogen-bond donors (Lipinski definition) is 0. The summed E-state index contributed by atoms with van der Waals surface area (Å²) in [6, 6.07) is 11.9. The third-order valence-electron chi connectivity index (χ3n) is 2.25. The Morgan fingerprint density at radius 2 is 1.82 bits per heavy atom. The average molecular weight is 357 g/mol. The third kappa shape index (κ3) is 3.82. The van der Waals surface area contributed by atoms with Crippen LogP contribution in [0.3, 0.4) is 0 Å². The lowest BCUT2D eigenvalue weighted by Gasteiger charge is -2.06. The van der Waals surface area contributed by atoms with E-state index in [1.807, 2.05) is 36.4 Å². The highest BCUT2D eigenvalue weighted by molar-refractivity contribution is 9.10. The van der Waals surface area contributed by atoms with E-state index in [2.05, 4.69) is 36.8 Å². The minimum Gasteiger partial charge on any atom is -0.487 e. The smallest absolute Gasteiger partial charge is 0.130 e. The molecular weight excluding hydrogens is 346 g/mol. The maximum absolute atomic E-state index is 5.64. The van der Waals surface area contributed by atoms with Gasteiger partial charge in [-0.15, -0.1) is 0 Å². The lowest BCUT2D eigenvalue weighted by molar-refractivity contribution is 0.301. The van der Waals surface area contributed by atoms with E-state index in [0.717, 1.165) is 21.2 Å². The monoisotopic (exact) mass is 355 g/mol. The Kier molecular flexibility index (Phi) is 4.57. The lowest BCUT2D eigenvalue weighted by atomic mass is 10.2. The van der Waals surface area contributed by atoms with Gasteiger partial charge in [0.15, 0.2) is 0 Å². The molecule has 2 aromatic rings. The van der Waals surface area contributed by atoms with Crippen LogP contribution in [0.4, 0.5) is 0 Å². The zero-order valence-corrected chi connectivity index (χ0v) is 12.2. The molecule has 2 rings (SSSR count). The van der Waals surface area contributed by atoms with Gasteiger partial charge in [0.25, 0.3) is 0 Å².